The van der Waals surface area contributed by atoms with Crippen molar-refractivity contribution in [3.8, 4) is 5.75 Å². The molecule has 1 fully saturated rings. The molecule has 1 heterocycles. The van der Waals surface area contributed by atoms with Gasteiger partial charge in [-0.1, -0.05) is 0 Å². The minimum atomic E-state index is -3.19. The molecule has 22 heavy (non-hydrogen) atoms. The van der Waals surface area contributed by atoms with Gasteiger partial charge in [0.15, 0.2) is 0 Å². The number of nitrogens with zero attached hydrogens (tertiary/aromatic N) is 1. The number of sulfonamides is 1. The van der Waals surface area contributed by atoms with E-state index in [2.05, 4.69) is 4.72 Å². The molecular formula is C15H22N2O4S. The zero-order valence-corrected chi connectivity index (χ0v) is 13.7. The lowest BCUT2D eigenvalue weighted by Crippen LogP contribution is -2.43. The Hall–Kier alpha value is -1.60. The van der Waals surface area contributed by atoms with E-state index in [9.17, 15) is 13.2 Å². The first-order valence-corrected chi connectivity index (χ1v) is 9.16. The summed E-state index contributed by atoms with van der Waals surface area (Å²) < 4.78 is 29.9. The van der Waals surface area contributed by atoms with Gasteiger partial charge in [0.1, 0.15) is 5.75 Å². The summed E-state index contributed by atoms with van der Waals surface area (Å²) in [6.07, 6.45) is 2.96. The highest BCUT2D eigenvalue weighted by Crippen LogP contribution is 2.19. The van der Waals surface area contributed by atoms with E-state index in [0.717, 1.165) is 19.1 Å². The Bertz CT molecular complexity index is 613. The Balaban J connectivity index is 1.97. The van der Waals surface area contributed by atoms with E-state index in [1.807, 2.05) is 0 Å². The third-order valence-electron chi connectivity index (χ3n) is 3.78. The number of hydrogen-bond acceptors (Lipinski definition) is 4. The predicted octanol–water partition coefficient (Wildman–Crippen LogP) is 1.10. The van der Waals surface area contributed by atoms with E-state index in [0.29, 0.717) is 30.9 Å². The van der Waals surface area contributed by atoms with Gasteiger partial charge in [-0.05, 0) is 43.0 Å². The minimum absolute atomic E-state index is 0.0216. The van der Waals surface area contributed by atoms with Gasteiger partial charge in [-0.25, -0.2) is 13.1 Å². The van der Waals surface area contributed by atoms with Crippen LogP contribution in [0.15, 0.2) is 24.3 Å². The fourth-order valence-electron chi connectivity index (χ4n) is 2.60. The average Bonchev–Trinajstić information content (AvgIpc) is 2.52. The molecule has 0 unspecified atom stereocenters. The van der Waals surface area contributed by atoms with Crippen molar-refractivity contribution in [3.63, 3.8) is 0 Å². The summed E-state index contributed by atoms with van der Waals surface area (Å²) in [6, 6.07) is 7.03. The van der Waals surface area contributed by atoms with Gasteiger partial charge in [-0.2, -0.15) is 0 Å². The van der Waals surface area contributed by atoms with Crippen LogP contribution in [-0.4, -0.2) is 52.2 Å². The first kappa shape index (κ1) is 16.8. The van der Waals surface area contributed by atoms with Gasteiger partial charge in [0, 0.05) is 25.2 Å². The standard InChI is InChI=1S/C15H22N2O4S/c1-21-14-7-5-13(6-8-14)15(18)17-9-3-4-12(11-17)10-16-22(2,19)20/h5-8,12,16H,3-4,9-11H2,1-2H3/t12-/m0/s1. The maximum Gasteiger partial charge on any atom is 0.253 e. The third kappa shape index (κ3) is 4.71. The molecule has 0 aliphatic carbocycles. The Morgan fingerprint density at radius 2 is 2.05 bits per heavy atom. The number of rotatable bonds is 5. The van der Waals surface area contributed by atoms with Crippen LogP contribution in [0.5, 0.6) is 5.75 Å². The second-order valence-electron chi connectivity index (χ2n) is 5.61. The number of carbonyl (C=O) groups is 1. The SMILES string of the molecule is COc1ccc(C(=O)N2CCC[C@@H](CNS(C)(=O)=O)C2)cc1. The summed E-state index contributed by atoms with van der Waals surface area (Å²) in [5, 5.41) is 0. The van der Waals surface area contributed by atoms with Gasteiger partial charge in [0.05, 0.1) is 13.4 Å². The summed E-state index contributed by atoms with van der Waals surface area (Å²) >= 11 is 0. The molecule has 2 rings (SSSR count). The fourth-order valence-corrected chi connectivity index (χ4v) is 3.14. The Kier molecular flexibility index (Phi) is 5.42. The number of benzene rings is 1. The van der Waals surface area contributed by atoms with Crippen LogP contribution in [0.4, 0.5) is 0 Å². The Morgan fingerprint density at radius 1 is 1.36 bits per heavy atom. The summed E-state index contributed by atoms with van der Waals surface area (Å²) in [7, 11) is -1.60. The van der Waals surface area contributed by atoms with Crippen LogP contribution in [0.25, 0.3) is 0 Å². The highest BCUT2D eigenvalue weighted by Gasteiger charge is 2.25. The topological polar surface area (TPSA) is 75.7 Å². The van der Waals surface area contributed by atoms with E-state index >= 15 is 0 Å². The molecule has 0 spiro atoms. The van der Waals surface area contributed by atoms with Crippen molar-refractivity contribution in [1.82, 2.24) is 9.62 Å². The number of amides is 1. The van der Waals surface area contributed by atoms with Gasteiger partial charge in [-0.15, -0.1) is 0 Å². The molecule has 0 bridgehead atoms. The van der Waals surface area contributed by atoms with Gasteiger partial charge in [0.25, 0.3) is 5.91 Å². The molecule has 6 nitrogen and oxygen atoms in total. The van der Waals surface area contributed by atoms with Gasteiger partial charge in [0.2, 0.25) is 10.0 Å². The second-order valence-corrected chi connectivity index (χ2v) is 7.44. The summed E-state index contributed by atoms with van der Waals surface area (Å²) in [4.78, 5) is 14.3. The third-order valence-corrected chi connectivity index (χ3v) is 4.47. The van der Waals surface area contributed by atoms with Crippen LogP contribution in [-0.2, 0) is 10.0 Å². The average molecular weight is 326 g/mol. The molecule has 1 aliphatic rings. The number of carbonyl (C=O) groups excluding carboxylic acids is 1. The second kappa shape index (κ2) is 7.11. The highest BCUT2D eigenvalue weighted by molar-refractivity contribution is 7.88. The smallest absolute Gasteiger partial charge is 0.253 e. The lowest BCUT2D eigenvalue weighted by atomic mass is 9.97. The number of piperidine rings is 1. The number of likely N-dealkylation sites (tertiary alicyclic amines) is 1. The molecule has 1 saturated heterocycles. The van der Waals surface area contributed by atoms with Crippen molar-refractivity contribution < 1.29 is 17.9 Å². The number of hydrogen-bond donors (Lipinski definition) is 1. The summed E-state index contributed by atoms with van der Waals surface area (Å²) in [6.45, 7) is 1.67. The zero-order chi connectivity index (χ0) is 16.2. The lowest BCUT2D eigenvalue weighted by Gasteiger charge is -2.32. The number of nitrogens with one attached hydrogen (secondary N) is 1. The number of ether oxygens (including phenoxy) is 1. The quantitative estimate of drug-likeness (QED) is 0.879. The molecule has 1 aliphatic heterocycles. The van der Waals surface area contributed by atoms with E-state index in [-0.39, 0.29) is 11.8 Å². The van der Waals surface area contributed by atoms with Gasteiger partial charge in [-0.3, -0.25) is 4.79 Å². The van der Waals surface area contributed by atoms with Crippen molar-refractivity contribution in [1.29, 1.82) is 0 Å². The summed E-state index contributed by atoms with van der Waals surface area (Å²) in [5.41, 5.74) is 0.623. The minimum Gasteiger partial charge on any atom is -0.497 e. The summed E-state index contributed by atoms with van der Waals surface area (Å²) in [5.74, 6) is 0.850. The van der Waals surface area contributed by atoms with Crippen LogP contribution in [0.3, 0.4) is 0 Å². The largest absolute Gasteiger partial charge is 0.497 e. The van der Waals surface area contributed by atoms with Crippen LogP contribution in [0, 0.1) is 5.92 Å². The van der Waals surface area contributed by atoms with Crippen LogP contribution >= 0.6 is 0 Å². The van der Waals surface area contributed by atoms with Crippen LogP contribution < -0.4 is 9.46 Å². The van der Waals surface area contributed by atoms with Crippen molar-refractivity contribution in [2.75, 3.05) is 33.0 Å². The predicted molar refractivity (Wildman–Crippen MR) is 84.5 cm³/mol. The molecular weight excluding hydrogens is 304 g/mol. The molecule has 1 N–H and O–H groups in total. The molecule has 7 heteroatoms. The van der Waals surface area contributed by atoms with Crippen LogP contribution in [0.2, 0.25) is 0 Å². The molecule has 1 aromatic carbocycles. The van der Waals surface area contributed by atoms with Crippen molar-refractivity contribution >= 4 is 15.9 Å². The van der Waals surface area contributed by atoms with E-state index in [4.69, 9.17) is 4.74 Å². The fraction of sp³-hybridized carbons (Fsp3) is 0.533. The first-order valence-electron chi connectivity index (χ1n) is 7.27. The molecule has 0 radical (unpaired) electrons. The Morgan fingerprint density at radius 3 is 2.64 bits per heavy atom. The van der Waals surface area contributed by atoms with E-state index < -0.39 is 10.0 Å². The Labute approximate surface area is 131 Å². The van der Waals surface area contributed by atoms with Crippen molar-refractivity contribution in [2.24, 2.45) is 5.92 Å². The number of methoxy groups -OCH3 is 1. The molecule has 1 amide bonds. The molecule has 122 valence electrons. The van der Waals surface area contributed by atoms with Crippen molar-refractivity contribution in [2.45, 2.75) is 12.8 Å². The monoisotopic (exact) mass is 326 g/mol. The molecule has 0 saturated carbocycles. The molecule has 1 aromatic rings. The van der Waals surface area contributed by atoms with E-state index in [1.54, 1.807) is 36.3 Å². The van der Waals surface area contributed by atoms with E-state index in [1.165, 1.54) is 0 Å². The normalized spacial score (nSPS) is 19.0. The molecule has 0 aromatic heterocycles. The maximum absolute atomic E-state index is 12.5. The zero-order valence-electron chi connectivity index (χ0n) is 12.9. The van der Waals surface area contributed by atoms with Crippen molar-refractivity contribution in [3.05, 3.63) is 29.8 Å². The lowest BCUT2D eigenvalue weighted by molar-refractivity contribution is 0.0676. The highest BCUT2D eigenvalue weighted by atomic mass is 32.2. The van der Waals surface area contributed by atoms with Gasteiger partial charge < -0.3 is 9.64 Å². The first-order chi connectivity index (χ1) is 10.4. The van der Waals surface area contributed by atoms with Crippen LogP contribution in [0.1, 0.15) is 23.2 Å². The van der Waals surface area contributed by atoms with Gasteiger partial charge >= 0.3 is 0 Å². The maximum atomic E-state index is 12.5. The molecule has 1 atom stereocenters.